The maximum absolute atomic E-state index is 11.9. The van der Waals surface area contributed by atoms with E-state index in [9.17, 15) is 4.79 Å². The van der Waals surface area contributed by atoms with E-state index in [0.29, 0.717) is 0 Å². The Morgan fingerprint density at radius 2 is 2.24 bits per heavy atom. The van der Waals surface area contributed by atoms with E-state index in [1.165, 1.54) is 5.57 Å². The molecule has 1 aliphatic rings. The fourth-order valence-corrected chi connectivity index (χ4v) is 1.99. The number of hydrogen-bond acceptors (Lipinski definition) is 2. The van der Waals surface area contributed by atoms with Crippen molar-refractivity contribution >= 4 is 11.4 Å². The number of rotatable bonds is 3. The zero-order valence-electron chi connectivity index (χ0n) is 10.3. The van der Waals surface area contributed by atoms with Crippen molar-refractivity contribution < 1.29 is 4.79 Å². The summed E-state index contributed by atoms with van der Waals surface area (Å²) in [6, 6.07) is 3.97. The summed E-state index contributed by atoms with van der Waals surface area (Å²) >= 11 is 0. The van der Waals surface area contributed by atoms with Crippen LogP contribution < -0.4 is 0 Å². The van der Waals surface area contributed by atoms with Crippen LogP contribution in [0.2, 0.25) is 0 Å². The minimum Gasteiger partial charge on any atom is -0.294 e. The number of allylic oxidation sites excluding steroid dienone is 4. The van der Waals surface area contributed by atoms with Crippen molar-refractivity contribution in [1.29, 1.82) is 0 Å². The molecule has 0 unspecified atom stereocenters. The first-order valence-electron chi connectivity index (χ1n) is 6.04. The number of aromatic nitrogens is 1. The van der Waals surface area contributed by atoms with E-state index in [0.717, 1.165) is 24.0 Å². The van der Waals surface area contributed by atoms with Gasteiger partial charge < -0.3 is 0 Å². The topological polar surface area (TPSA) is 30.0 Å². The van der Waals surface area contributed by atoms with Crippen LogP contribution in [0, 0.1) is 5.92 Å². The number of ketones is 1. The highest BCUT2D eigenvalue weighted by atomic mass is 16.1. The number of hydrogen-bond donors (Lipinski definition) is 0. The van der Waals surface area contributed by atoms with E-state index in [1.54, 1.807) is 6.20 Å². The zero-order valence-corrected chi connectivity index (χ0v) is 10.3. The average molecular weight is 227 g/mol. The molecule has 0 spiro atoms. The van der Waals surface area contributed by atoms with Crippen LogP contribution in [-0.4, -0.2) is 10.8 Å². The third kappa shape index (κ3) is 2.70. The molecule has 2 rings (SSSR count). The van der Waals surface area contributed by atoms with E-state index in [1.807, 2.05) is 44.3 Å². The Balaban J connectivity index is 2.27. The maximum Gasteiger partial charge on any atom is 0.165 e. The molecule has 0 bridgehead atoms. The number of Topliss-reactive ketones (excluding diaryl/α,β-unsaturated/α-hetero) is 1. The minimum absolute atomic E-state index is 0.0609. The predicted molar refractivity (Wildman–Crippen MR) is 69.4 cm³/mol. The summed E-state index contributed by atoms with van der Waals surface area (Å²) in [6.45, 7) is 3.88. The average Bonchev–Trinajstić information content (AvgIpc) is 2.39. The second-order valence-electron chi connectivity index (χ2n) is 4.63. The van der Waals surface area contributed by atoms with Gasteiger partial charge in [0.25, 0.3) is 0 Å². The molecule has 0 fully saturated rings. The summed E-state index contributed by atoms with van der Waals surface area (Å²) in [6.07, 6.45) is 9.61. The Kier molecular flexibility index (Phi) is 3.52. The van der Waals surface area contributed by atoms with Crippen molar-refractivity contribution in [3.05, 3.63) is 47.8 Å². The maximum atomic E-state index is 11.9. The molecule has 0 aromatic carbocycles. The van der Waals surface area contributed by atoms with Crippen LogP contribution in [0.4, 0.5) is 0 Å². The molecule has 0 saturated carbocycles. The van der Waals surface area contributed by atoms with E-state index < -0.39 is 0 Å². The van der Waals surface area contributed by atoms with Gasteiger partial charge in [-0.1, -0.05) is 26.0 Å². The molecule has 0 amide bonds. The number of carbonyl (C=O) groups is 1. The van der Waals surface area contributed by atoms with E-state index in [2.05, 4.69) is 4.98 Å². The highest BCUT2D eigenvalue weighted by Crippen LogP contribution is 2.27. The van der Waals surface area contributed by atoms with E-state index in [-0.39, 0.29) is 11.7 Å². The molecule has 0 aliphatic heterocycles. The summed E-state index contributed by atoms with van der Waals surface area (Å²) in [7, 11) is 0. The summed E-state index contributed by atoms with van der Waals surface area (Å²) in [5.41, 5.74) is 3.18. The molecule has 2 heteroatoms. The summed E-state index contributed by atoms with van der Waals surface area (Å²) < 4.78 is 0. The van der Waals surface area contributed by atoms with E-state index in [4.69, 9.17) is 0 Å². The fraction of sp³-hybridized carbons (Fsp3) is 0.333. The summed E-state index contributed by atoms with van der Waals surface area (Å²) in [5.74, 6) is 0.289. The van der Waals surface area contributed by atoms with Gasteiger partial charge in [0.05, 0.1) is 0 Å². The molecule has 0 atom stereocenters. The monoisotopic (exact) mass is 227 g/mol. The largest absolute Gasteiger partial charge is 0.294 e. The lowest BCUT2D eigenvalue weighted by atomic mass is 9.90. The van der Waals surface area contributed by atoms with Crippen molar-refractivity contribution in [3.63, 3.8) is 0 Å². The van der Waals surface area contributed by atoms with Gasteiger partial charge in [0.2, 0.25) is 0 Å². The summed E-state index contributed by atoms with van der Waals surface area (Å²) in [5, 5.41) is 0. The quantitative estimate of drug-likeness (QED) is 0.792. The molecule has 0 radical (unpaired) electrons. The SMILES string of the molecule is CC(C)C(=O)C1=CCCC(c2cccnc2)=C1. The number of carbonyl (C=O) groups excluding carboxylic acids is 1. The van der Waals surface area contributed by atoms with Crippen LogP contribution in [0.1, 0.15) is 32.3 Å². The molecule has 88 valence electrons. The van der Waals surface area contributed by atoms with Crippen LogP contribution in [0.15, 0.2) is 42.3 Å². The molecule has 0 saturated heterocycles. The van der Waals surface area contributed by atoms with Crippen LogP contribution >= 0.6 is 0 Å². The lowest BCUT2D eigenvalue weighted by molar-refractivity contribution is -0.117. The van der Waals surface area contributed by atoms with Gasteiger partial charge in [-0.05, 0) is 36.1 Å². The Labute approximate surface area is 102 Å². The van der Waals surface area contributed by atoms with Gasteiger partial charge in [-0.2, -0.15) is 0 Å². The van der Waals surface area contributed by atoms with Crippen LogP contribution in [0.3, 0.4) is 0 Å². The second-order valence-corrected chi connectivity index (χ2v) is 4.63. The van der Waals surface area contributed by atoms with Crippen LogP contribution in [0.5, 0.6) is 0 Å². The van der Waals surface area contributed by atoms with Gasteiger partial charge in [0.1, 0.15) is 0 Å². The molecule has 1 aromatic heterocycles. The van der Waals surface area contributed by atoms with Gasteiger partial charge in [-0.25, -0.2) is 0 Å². The molecule has 2 nitrogen and oxygen atoms in total. The lowest BCUT2D eigenvalue weighted by Crippen LogP contribution is -2.10. The van der Waals surface area contributed by atoms with Gasteiger partial charge in [-0.3, -0.25) is 9.78 Å². The Morgan fingerprint density at radius 1 is 1.41 bits per heavy atom. The number of nitrogens with zero attached hydrogens (tertiary/aromatic N) is 1. The smallest absolute Gasteiger partial charge is 0.165 e. The van der Waals surface area contributed by atoms with Crippen LogP contribution in [0.25, 0.3) is 5.57 Å². The first kappa shape index (κ1) is 11.8. The Hall–Kier alpha value is -1.70. The molecule has 1 aromatic rings. The molecule has 17 heavy (non-hydrogen) atoms. The molecule has 1 heterocycles. The standard InChI is InChI=1S/C15H17NO/c1-11(2)15(17)13-6-3-5-12(9-13)14-7-4-8-16-10-14/h4,6-11H,3,5H2,1-2H3. The summed E-state index contributed by atoms with van der Waals surface area (Å²) in [4.78, 5) is 16.1. The van der Waals surface area contributed by atoms with Gasteiger partial charge in [0, 0.05) is 23.9 Å². The van der Waals surface area contributed by atoms with Crippen molar-refractivity contribution in [2.75, 3.05) is 0 Å². The molecular formula is C15H17NO. The zero-order chi connectivity index (χ0) is 12.3. The third-order valence-corrected chi connectivity index (χ3v) is 2.95. The van der Waals surface area contributed by atoms with Crippen molar-refractivity contribution in [2.45, 2.75) is 26.7 Å². The first-order valence-corrected chi connectivity index (χ1v) is 6.04. The van der Waals surface area contributed by atoms with Gasteiger partial charge >= 0.3 is 0 Å². The molecule has 0 N–H and O–H groups in total. The second kappa shape index (κ2) is 5.09. The van der Waals surface area contributed by atoms with Gasteiger partial charge in [-0.15, -0.1) is 0 Å². The van der Waals surface area contributed by atoms with Crippen molar-refractivity contribution in [3.8, 4) is 0 Å². The predicted octanol–water partition coefficient (Wildman–Crippen LogP) is 3.41. The fourth-order valence-electron chi connectivity index (χ4n) is 1.99. The van der Waals surface area contributed by atoms with Crippen molar-refractivity contribution in [2.24, 2.45) is 5.92 Å². The number of pyridine rings is 1. The lowest BCUT2D eigenvalue weighted by Gasteiger charge is -2.14. The third-order valence-electron chi connectivity index (χ3n) is 2.95. The minimum atomic E-state index is 0.0609. The Bertz CT molecular complexity index is 469. The van der Waals surface area contributed by atoms with Crippen molar-refractivity contribution in [1.82, 2.24) is 4.98 Å². The molecule has 1 aliphatic carbocycles. The highest BCUT2D eigenvalue weighted by Gasteiger charge is 2.15. The first-order chi connectivity index (χ1) is 8.18. The normalized spacial score (nSPS) is 15.5. The Morgan fingerprint density at radius 3 is 2.88 bits per heavy atom. The van der Waals surface area contributed by atoms with E-state index >= 15 is 0 Å². The van der Waals surface area contributed by atoms with Crippen LogP contribution in [-0.2, 0) is 4.79 Å². The molecular weight excluding hydrogens is 210 g/mol. The highest BCUT2D eigenvalue weighted by molar-refractivity contribution is 6.01. The van der Waals surface area contributed by atoms with Gasteiger partial charge in [0.15, 0.2) is 5.78 Å².